The van der Waals surface area contributed by atoms with E-state index >= 15 is 0 Å². The van der Waals surface area contributed by atoms with E-state index in [1.807, 2.05) is 0 Å². The Morgan fingerprint density at radius 2 is 2.24 bits per heavy atom. The van der Waals surface area contributed by atoms with Crippen LogP contribution in [0.5, 0.6) is 0 Å². The van der Waals surface area contributed by atoms with Crippen LogP contribution in [0.2, 0.25) is 0 Å². The van der Waals surface area contributed by atoms with Crippen LogP contribution in [0.3, 0.4) is 0 Å². The Kier molecular flexibility index (Phi) is 5.01. The molecule has 0 saturated heterocycles. The first-order valence-electron chi connectivity index (χ1n) is 6.38. The van der Waals surface area contributed by atoms with Crippen LogP contribution in [0.4, 0.5) is 0 Å². The van der Waals surface area contributed by atoms with Crippen molar-refractivity contribution >= 4 is 15.9 Å². The van der Waals surface area contributed by atoms with Crippen molar-refractivity contribution < 1.29 is 4.74 Å². The first-order valence-corrected chi connectivity index (χ1v) is 7.17. The highest BCUT2D eigenvalue weighted by molar-refractivity contribution is 9.10. The summed E-state index contributed by atoms with van der Waals surface area (Å²) in [4.78, 5) is 0. The molecule has 1 N–H and O–H groups in total. The molecule has 1 aromatic rings. The molecule has 1 aliphatic rings. The molecule has 0 heterocycles. The van der Waals surface area contributed by atoms with Gasteiger partial charge in [-0.1, -0.05) is 35.0 Å². The summed E-state index contributed by atoms with van der Waals surface area (Å²) in [5, 5.41) is 3.52. The van der Waals surface area contributed by atoms with Gasteiger partial charge in [0, 0.05) is 23.7 Å². The monoisotopic (exact) mass is 297 g/mol. The number of benzene rings is 1. The van der Waals surface area contributed by atoms with Gasteiger partial charge in [0.05, 0.1) is 6.61 Å². The molecular formula is C14H20BrNO. The predicted octanol–water partition coefficient (Wildman–Crippen LogP) is 3.63. The average Bonchev–Trinajstić information content (AvgIpc) is 3.13. The van der Waals surface area contributed by atoms with E-state index in [0.717, 1.165) is 30.1 Å². The highest BCUT2D eigenvalue weighted by atomic mass is 79.9. The zero-order chi connectivity index (χ0) is 12.1. The fourth-order valence-electron chi connectivity index (χ4n) is 1.69. The minimum atomic E-state index is 0.699. The van der Waals surface area contributed by atoms with Crippen LogP contribution in [0.25, 0.3) is 0 Å². The van der Waals surface area contributed by atoms with Gasteiger partial charge in [-0.2, -0.15) is 0 Å². The van der Waals surface area contributed by atoms with Gasteiger partial charge in [0.1, 0.15) is 0 Å². The summed E-state index contributed by atoms with van der Waals surface area (Å²) < 4.78 is 6.71. The Morgan fingerprint density at radius 1 is 1.41 bits per heavy atom. The van der Waals surface area contributed by atoms with Crippen LogP contribution < -0.4 is 5.32 Å². The molecule has 1 aliphatic carbocycles. The van der Waals surface area contributed by atoms with Crippen LogP contribution in [0, 0.1) is 0 Å². The first kappa shape index (κ1) is 13.1. The zero-order valence-electron chi connectivity index (χ0n) is 10.3. The molecule has 0 unspecified atom stereocenters. The maximum absolute atomic E-state index is 5.55. The molecule has 2 nitrogen and oxygen atoms in total. The second-order valence-corrected chi connectivity index (χ2v) is 5.49. The van der Waals surface area contributed by atoms with Crippen molar-refractivity contribution in [3.63, 3.8) is 0 Å². The van der Waals surface area contributed by atoms with E-state index in [-0.39, 0.29) is 0 Å². The van der Waals surface area contributed by atoms with Crippen molar-refractivity contribution in [2.45, 2.75) is 45.4 Å². The van der Waals surface area contributed by atoms with Crippen molar-refractivity contribution in [3.05, 3.63) is 33.8 Å². The SMILES string of the molecule is CCCOCc1ccc(CNC2CC2)cc1Br. The normalized spacial score (nSPS) is 15.2. The Morgan fingerprint density at radius 3 is 2.88 bits per heavy atom. The van der Waals surface area contributed by atoms with Gasteiger partial charge in [0.2, 0.25) is 0 Å². The molecule has 0 atom stereocenters. The summed E-state index contributed by atoms with van der Waals surface area (Å²) in [7, 11) is 0. The van der Waals surface area contributed by atoms with Crippen molar-refractivity contribution in [1.29, 1.82) is 0 Å². The topological polar surface area (TPSA) is 21.3 Å². The van der Waals surface area contributed by atoms with Crippen LogP contribution in [0.15, 0.2) is 22.7 Å². The van der Waals surface area contributed by atoms with E-state index in [0.29, 0.717) is 6.61 Å². The van der Waals surface area contributed by atoms with Crippen LogP contribution >= 0.6 is 15.9 Å². The van der Waals surface area contributed by atoms with E-state index in [2.05, 4.69) is 46.4 Å². The maximum atomic E-state index is 5.55. The largest absolute Gasteiger partial charge is 0.377 e. The van der Waals surface area contributed by atoms with E-state index in [9.17, 15) is 0 Å². The number of rotatable bonds is 7. The lowest BCUT2D eigenvalue weighted by atomic mass is 10.1. The third-order valence-electron chi connectivity index (χ3n) is 2.90. The summed E-state index contributed by atoms with van der Waals surface area (Å²) in [5.41, 5.74) is 2.57. The molecule has 3 heteroatoms. The lowest BCUT2D eigenvalue weighted by Gasteiger charge is -2.08. The highest BCUT2D eigenvalue weighted by Gasteiger charge is 2.19. The van der Waals surface area contributed by atoms with E-state index < -0.39 is 0 Å². The molecule has 1 saturated carbocycles. The van der Waals surface area contributed by atoms with E-state index in [1.165, 1.54) is 24.0 Å². The van der Waals surface area contributed by atoms with Crippen molar-refractivity contribution in [3.8, 4) is 0 Å². The second kappa shape index (κ2) is 6.53. The summed E-state index contributed by atoms with van der Waals surface area (Å²) >= 11 is 3.61. The number of nitrogens with one attached hydrogen (secondary N) is 1. The summed E-state index contributed by atoms with van der Waals surface area (Å²) in [5.74, 6) is 0. The third-order valence-corrected chi connectivity index (χ3v) is 3.63. The number of ether oxygens (including phenoxy) is 1. The minimum absolute atomic E-state index is 0.699. The van der Waals surface area contributed by atoms with Crippen molar-refractivity contribution in [2.75, 3.05) is 6.61 Å². The number of halogens is 1. The fourth-order valence-corrected chi connectivity index (χ4v) is 2.23. The number of hydrogen-bond donors (Lipinski definition) is 1. The van der Waals surface area contributed by atoms with E-state index in [1.54, 1.807) is 0 Å². The smallest absolute Gasteiger partial charge is 0.0727 e. The molecule has 0 aromatic heterocycles. The Hall–Kier alpha value is -0.380. The summed E-state index contributed by atoms with van der Waals surface area (Å²) in [6, 6.07) is 7.30. The average molecular weight is 298 g/mol. The van der Waals surface area contributed by atoms with Gasteiger partial charge in [0.15, 0.2) is 0 Å². The first-order chi connectivity index (χ1) is 8.29. The predicted molar refractivity (Wildman–Crippen MR) is 74.0 cm³/mol. The van der Waals surface area contributed by atoms with E-state index in [4.69, 9.17) is 4.74 Å². The molecule has 0 radical (unpaired) electrons. The van der Waals surface area contributed by atoms with Gasteiger partial charge in [-0.05, 0) is 36.5 Å². The molecule has 94 valence electrons. The quantitative estimate of drug-likeness (QED) is 0.776. The third kappa shape index (κ3) is 4.41. The Labute approximate surface area is 112 Å². The molecule has 1 fully saturated rings. The van der Waals surface area contributed by atoms with Gasteiger partial charge in [-0.3, -0.25) is 0 Å². The van der Waals surface area contributed by atoms with Gasteiger partial charge in [-0.25, -0.2) is 0 Å². The molecule has 0 spiro atoms. The second-order valence-electron chi connectivity index (χ2n) is 4.63. The molecular weight excluding hydrogens is 278 g/mol. The lowest BCUT2D eigenvalue weighted by molar-refractivity contribution is 0.121. The molecule has 0 aliphatic heterocycles. The minimum Gasteiger partial charge on any atom is -0.377 e. The highest BCUT2D eigenvalue weighted by Crippen LogP contribution is 2.22. The van der Waals surface area contributed by atoms with Gasteiger partial charge in [-0.15, -0.1) is 0 Å². The zero-order valence-corrected chi connectivity index (χ0v) is 11.9. The molecule has 0 bridgehead atoms. The standard InChI is InChI=1S/C14H20BrNO/c1-2-7-17-10-12-4-3-11(8-14(12)15)9-16-13-5-6-13/h3-4,8,13,16H,2,5-7,9-10H2,1H3. The Balaban J connectivity index is 1.85. The van der Waals surface area contributed by atoms with Crippen LogP contribution in [-0.2, 0) is 17.9 Å². The fraction of sp³-hybridized carbons (Fsp3) is 0.571. The van der Waals surface area contributed by atoms with Crippen molar-refractivity contribution in [1.82, 2.24) is 5.32 Å². The van der Waals surface area contributed by atoms with Crippen LogP contribution in [0.1, 0.15) is 37.3 Å². The van der Waals surface area contributed by atoms with Gasteiger partial charge < -0.3 is 10.1 Å². The molecule has 2 rings (SSSR count). The Bertz CT molecular complexity index is 363. The summed E-state index contributed by atoms with van der Waals surface area (Å²) in [6.07, 6.45) is 3.75. The van der Waals surface area contributed by atoms with Gasteiger partial charge >= 0.3 is 0 Å². The molecule has 17 heavy (non-hydrogen) atoms. The van der Waals surface area contributed by atoms with Crippen molar-refractivity contribution in [2.24, 2.45) is 0 Å². The maximum Gasteiger partial charge on any atom is 0.0727 e. The molecule has 0 amide bonds. The molecule has 1 aromatic carbocycles. The summed E-state index contributed by atoms with van der Waals surface area (Å²) in [6.45, 7) is 4.63. The van der Waals surface area contributed by atoms with Crippen LogP contribution in [-0.4, -0.2) is 12.6 Å². The number of hydrogen-bond acceptors (Lipinski definition) is 2. The lowest BCUT2D eigenvalue weighted by Crippen LogP contribution is -2.15. The van der Waals surface area contributed by atoms with Gasteiger partial charge in [0.25, 0.3) is 0 Å².